The molecule has 0 saturated heterocycles. The van der Waals surface area contributed by atoms with E-state index in [1.54, 1.807) is 0 Å². The molecule has 3 aromatic rings. The summed E-state index contributed by atoms with van der Waals surface area (Å²) < 4.78 is 0. The zero-order valence-electron chi connectivity index (χ0n) is 9.66. The summed E-state index contributed by atoms with van der Waals surface area (Å²) in [5.74, 6) is 0. The van der Waals surface area contributed by atoms with Crippen molar-refractivity contribution < 1.29 is 25.8 Å². The third kappa shape index (κ3) is 11.1. The van der Waals surface area contributed by atoms with Crippen molar-refractivity contribution in [2.24, 2.45) is 0 Å². The monoisotopic (exact) mass is 387 g/mol. The molecule has 0 aliphatic carbocycles. The second kappa shape index (κ2) is 12.9. The molecule has 0 aliphatic rings. The molecule has 0 saturated carbocycles. The molecule has 0 atom stereocenters. The second-order valence-corrected chi connectivity index (χ2v) is 3.00. The van der Waals surface area contributed by atoms with E-state index in [1.165, 1.54) is 0 Å². The van der Waals surface area contributed by atoms with Crippen LogP contribution in [0.4, 0.5) is 0 Å². The molecule has 0 bridgehead atoms. The van der Waals surface area contributed by atoms with Crippen LogP contribution < -0.4 is 0 Å². The Balaban J connectivity index is 0.000000221. The van der Waals surface area contributed by atoms with Gasteiger partial charge >= 0.3 is 0 Å². The first-order valence-corrected chi connectivity index (χ1v) is 5.24. The maximum Gasteiger partial charge on any atom is 0 e. The van der Waals surface area contributed by atoms with Gasteiger partial charge in [-0.15, -0.1) is 0 Å². The molecular weight excluding hydrogens is 371 g/mol. The maximum atomic E-state index is 2.89. The summed E-state index contributed by atoms with van der Waals surface area (Å²) in [6, 6.07) is 32.5. The zero-order chi connectivity index (χ0) is 11.3. The van der Waals surface area contributed by atoms with Crippen LogP contribution in [-0.2, 0) is 25.8 Å². The molecule has 0 nitrogen and oxygen atoms in total. The predicted octanol–water partition coefficient (Wildman–Crippen LogP) is 4.30. The van der Waals surface area contributed by atoms with Crippen LogP contribution in [0.1, 0.15) is 0 Å². The Kier molecular flexibility index (Phi) is 11.9. The van der Waals surface area contributed by atoms with E-state index in [4.69, 9.17) is 0 Å². The van der Waals surface area contributed by atoms with Gasteiger partial charge in [0.25, 0.3) is 0 Å². The minimum atomic E-state index is 0. The van der Waals surface area contributed by atoms with Crippen molar-refractivity contribution in [3.8, 4) is 0 Å². The van der Waals surface area contributed by atoms with Gasteiger partial charge in [0.15, 0.2) is 0 Å². The zero-order valence-corrected chi connectivity index (χ0v) is 13.3. The minimum absolute atomic E-state index is 0. The Morgan fingerprint density at radius 2 is 0.941 bits per heavy atom. The van der Waals surface area contributed by atoms with Gasteiger partial charge < -0.3 is 0 Å². The van der Waals surface area contributed by atoms with Crippen molar-refractivity contribution in [1.82, 2.24) is 0 Å². The van der Waals surface area contributed by atoms with Crippen LogP contribution in [0.5, 0.6) is 0 Å². The molecule has 3 aromatic carbocycles. The number of hydrogen-bond acceptors (Lipinski definition) is 0. The summed E-state index contributed by atoms with van der Waals surface area (Å²) >= 11 is 0. The smallest absolute Gasteiger partial charge is 0 e. The van der Waals surface area contributed by atoms with Gasteiger partial charge in [0.1, 0.15) is 0 Å². The van der Waals surface area contributed by atoms with Crippen LogP contribution in [0.25, 0.3) is 0 Å². The molecule has 0 spiro atoms. The van der Waals surface area contributed by atoms with Gasteiger partial charge in [-0.3, -0.25) is 0 Å². The van der Waals surface area contributed by atoms with Crippen molar-refractivity contribution >= 4 is 0 Å². The second-order valence-electron chi connectivity index (χ2n) is 3.00. The molecule has 0 N–H and O–H groups in total. The van der Waals surface area contributed by atoms with E-state index in [0.717, 1.165) is 0 Å². The van der Waals surface area contributed by atoms with E-state index >= 15 is 0 Å². The van der Waals surface area contributed by atoms with Gasteiger partial charge in [0.2, 0.25) is 0 Å². The SMILES string of the molecule is [Hf].[c-]1ccccc1.c1cc[cH-]c1.c1cc[cH-]c1. The summed E-state index contributed by atoms with van der Waals surface area (Å²) in [5, 5.41) is 0. The van der Waals surface area contributed by atoms with Crippen molar-refractivity contribution in [2.75, 3.05) is 0 Å². The quantitative estimate of drug-likeness (QED) is 0.400. The number of hydrogen-bond donors (Lipinski definition) is 0. The van der Waals surface area contributed by atoms with Gasteiger partial charge in [-0.1, -0.05) is 0 Å². The molecule has 0 radical (unpaired) electrons. The van der Waals surface area contributed by atoms with Crippen molar-refractivity contribution in [2.45, 2.75) is 0 Å². The fraction of sp³-hybridized carbons (Fsp3) is 0. The molecule has 0 heterocycles. The molecule has 0 unspecified atom stereocenters. The van der Waals surface area contributed by atoms with Crippen LogP contribution in [-0.4, -0.2) is 0 Å². The first kappa shape index (κ1) is 15.8. The molecule has 17 heavy (non-hydrogen) atoms. The summed E-state index contributed by atoms with van der Waals surface area (Å²) in [7, 11) is 0. The Hall–Kier alpha value is -1.21. The summed E-state index contributed by atoms with van der Waals surface area (Å²) in [4.78, 5) is 0. The van der Waals surface area contributed by atoms with Crippen molar-refractivity contribution in [3.63, 3.8) is 0 Å². The Bertz CT molecular complexity index is 297. The molecule has 0 aliphatic heterocycles. The molecule has 1 heteroatoms. The topological polar surface area (TPSA) is 0 Å². The van der Waals surface area contributed by atoms with Crippen LogP contribution in [0, 0.1) is 6.07 Å². The van der Waals surface area contributed by atoms with Crippen molar-refractivity contribution in [1.29, 1.82) is 0 Å². The van der Waals surface area contributed by atoms with E-state index < -0.39 is 0 Å². The molecular formula is C16H15Hf-3. The fourth-order valence-corrected chi connectivity index (χ4v) is 0.983. The van der Waals surface area contributed by atoms with Gasteiger partial charge in [-0.05, 0) is 0 Å². The first-order valence-electron chi connectivity index (χ1n) is 5.24. The Morgan fingerprint density at radius 1 is 0.529 bits per heavy atom. The Morgan fingerprint density at radius 3 is 1.06 bits per heavy atom. The van der Waals surface area contributed by atoms with E-state index in [1.807, 2.05) is 91.0 Å². The molecule has 0 fully saturated rings. The normalized spacial score (nSPS) is 7.53. The first-order chi connectivity index (χ1) is 8.00. The van der Waals surface area contributed by atoms with Crippen LogP contribution >= 0.6 is 0 Å². The van der Waals surface area contributed by atoms with Gasteiger partial charge in [-0.2, -0.15) is 72.8 Å². The standard InChI is InChI=1S/C6H5.2C5H5.Hf/c1-2-4-6-5-3-1;2*1-2-4-5-3-1;/h1-5H;2*1-5H;/q3*-1;. The van der Waals surface area contributed by atoms with Gasteiger partial charge in [0.05, 0.1) is 0 Å². The minimum Gasteiger partial charge on any atom is -0.214 e. The van der Waals surface area contributed by atoms with Crippen LogP contribution in [0.3, 0.4) is 0 Å². The van der Waals surface area contributed by atoms with Crippen LogP contribution in [0.2, 0.25) is 0 Å². The van der Waals surface area contributed by atoms with E-state index in [9.17, 15) is 0 Å². The third-order valence-corrected chi connectivity index (χ3v) is 1.72. The summed E-state index contributed by atoms with van der Waals surface area (Å²) in [6.07, 6.45) is 0. The molecule has 3 rings (SSSR count). The van der Waals surface area contributed by atoms with E-state index in [2.05, 4.69) is 6.07 Å². The predicted molar refractivity (Wildman–Crippen MR) is 69.3 cm³/mol. The fourth-order valence-electron chi connectivity index (χ4n) is 0.983. The van der Waals surface area contributed by atoms with E-state index in [0.29, 0.717) is 0 Å². The maximum absolute atomic E-state index is 2.89. The summed E-state index contributed by atoms with van der Waals surface area (Å²) in [5.41, 5.74) is 0. The van der Waals surface area contributed by atoms with Crippen LogP contribution in [0.15, 0.2) is 91.0 Å². The Labute approximate surface area is 122 Å². The third-order valence-electron chi connectivity index (χ3n) is 1.72. The largest absolute Gasteiger partial charge is 0.214 e. The molecule has 0 aromatic heterocycles. The number of benzene rings is 1. The molecule has 0 amide bonds. The average Bonchev–Trinajstić information content (AvgIpc) is 3.10. The van der Waals surface area contributed by atoms with Gasteiger partial charge in [0, 0.05) is 25.8 Å². The number of rotatable bonds is 0. The van der Waals surface area contributed by atoms with Crippen molar-refractivity contribution in [3.05, 3.63) is 97.1 Å². The average molecular weight is 386 g/mol. The van der Waals surface area contributed by atoms with E-state index in [-0.39, 0.29) is 25.8 Å². The van der Waals surface area contributed by atoms with Gasteiger partial charge in [-0.25, -0.2) is 24.3 Å². The summed E-state index contributed by atoms with van der Waals surface area (Å²) in [6.45, 7) is 0. The molecule has 86 valence electrons.